The van der Waals surface area contributed by atoms with Crippen molar-refractivity contribution >= 4 is 36.4 Å². The van der Waals surface area contributed by atoms with Gasteiger partial charge in [0.25, 0.3) is 0 Å². The molecular weight excluding hydrogens is 452 g/mol. The van der Waals surface area contributed by atoms with Gasteiger partial charge in [-0.05, 0) is 53.9 Å². The number of para-hydroxylation sites is 1. The van der Waals surface area contributed by atoms with Crippen LogP contribution in [-0.4, -0.2) is 30.4 Å². The summed E-state index contributed by atoms with van der Waals surface area (Å²) in [6.07, 6.45) is 0. The Morgan fingerprint density at radius 3 is 2.51 bits per heavy atom. The van der Waals surface area contributed by atoms with Crippen molar-refractivity contribution in [1.82, 2.24) is 9.78 Å². The fraction of sp³-hybridized carbons (Fsp3) is 0.286. The van der Waals surface area contributed by atoms with E-state index in [0.717, 1.165) is 39.3 Å². The van der Waals surface area contributed by atoms with E-state index in [-0.39, 0.29) is 11.8 Å². The number of nitrogens with two attached hydrogens (primary N) is 1. The van der Waals surface area contributed by atoms with Crippen LogP contribution < -0.4 is 11.1 Å². The van der Waals surface area contributed by atoms with E-state index in [9.17, 15) is 4.79 Å². The van der Waals surface area contributed by atoms with Crippen molar-refractivity contribution in [2.45, 2.75) is 45.3 Å². The third-order valence-electron chi connectivity index (χ3n) is 6.13. The monoisotopic (exact) mass is 486 g/mol. The van der Waals surface area contributed by atoms with E-state index in [2.05, 4.69) is 36.1 Å². The summed E-state index contributed by atoms with van der Waals surface area (Å²) in [6, 6.07) is 24.8. The molecular formula is C28H34N4O2Si. The van der Waals surface area contributed by atoms with Crippen LogP contribution >= 0.6 is 0 Å². The van der Waals surface area contributed by atoms with Crippen LogP contribution in [0.4, 0.5) is 11.5 Å². The number of ether oxygens (including phenoxy) is 1. The molecule has 7 heteroatoms. The number of rotatable bonds is 9. The molecule has 0 fully saturated rings. The van der Waals surface area contributed by atoms with Gasteiger partial charge < -0.3 is 15.8 Å². The first-order valence-corrected chi connectivity index (χ1v) is 15.7. The average Bonchev–Trinajstić information content (AvgIpc) is 3.18. The molecule has 3 aromatic carbocycles. The number of nitrogens with one attached hydrogen (secondary N) is 1. The minimum absolute atomic E-state index is 0.102. The van der Waals surface area contributed by atoms with Gasteiger partial charge >= 0.3 is 0 Å². The Morgan fingerprint density at radius 1 is 1.03 bits per heavy atom. The number of hydrogen-bond acceptors (Lipinski definition) is 4. The summed E-state index contributed by atoms with van der Waals surface area (Å²) in [4.78, 5) is 13.2. The molecule has 0 aliphatic heterocycles. The molecule has 4 rings (SSSR count). The van der Waals surface area contributed by atoms with E-state index in [1.54, 1.807) is 0 Å². The number of nitrogens with zero attached hydrogens (tertiary/aromatic N) is 2. The predicted molar refractivity (Wildman–Crippen MR) is 147 cm³/mol. The normalized spacial score (nSPS) is 12.6. The highest BCUT2D eigenvalue weighted by Crippen LogP contribution is 2.28. The molecule has 0 bridgehead atoms. The molecule has 0 aliphatic rings. The van der Waals surface area contributed by atoms with Crippen LogP contribution in [0.3, 0.4) is 0 Å². The molecule has 1 unspecified atom stereocenters. The highest BCUT2D eigenvalue weighted by Gasteiger charge is 2.20. The standard InChI is InChI=1S/C28H34N4O2Si/c1-20(22-8-7-9-23(18-22)21-12-14-24(29)15-13-21)28(33)30-27-25-10-5-6-11-26(25)32(31-27)19-34-16-17-35(2,3)4/h5-15,18,20H,16-17,19,29H2,1-4H3,(H,30,31,33). The zero-order valence-electron chi connectivity index (χ0n) is 20.9. The van der Waals surface area contributed by atoms with Crippen LogP contribution in [0.25, 0.3) is 22.0 Å². The Hall–Kier alpha value is -3.42. The molecule has 0 aliphatic carbocycles. The molecule has 35 heavy (non-hydrogen) atoms. The van der Waals surface area contributed by atoms with Gasteiger partial charge in [0.2, 0.25) is 5.91 Å². The highest BCUT2D eigenvalue weighted by molar-refractivity contribution is 6.76. The van der Waals surface area contributed by atoms with Crippen molar-refractivity contribution < 1.29 is 9.53 Å². The summed E-state index contributed by atoms with van der Waals surface area (Å²) in [5.74, 6) is 0.107. The van der Waals surface area contributed by atoms with Gasteiger partial charge in [-0.3, -0.25) is 4.79 Å². The lowest BCUT2D eigenvalue weighted by atomic mass is 9.95. The van der Waals surface area contributed by atoms with Crippen molar-refractivity contribution in [1.29, 1.82) is 0 Å². The average molecular weight is 487 g/mol. The SMILES string of the molecule is CC(C(=O)Nc1nn(COCC[Si](C)(C)C)c2ccccc12)c1cccc(-c2ccc(N)cc2)c1. The van der Waals surface area contributed by atoms with E-state index in [0.29, 0.717) is 19.2 Å². The summed E-state index contributed by atoms with van der Waals surface area (Å²) in [7, 11) is -1.16. The maximum Gasteiger partial charge on any atom is 0.232 e. The first-order valence-electron chi connectivity index (χ1n) is 12.0. The highest BCUT2D eigenvalue weighted by atomic mass is 28.3. The van der Waals surface area contributed by atoms with Gasteiger partial charge in [0.15, 0.2) is 5.82 Å². The summed E-state index contributed by atoms with van der Waals surface area (Å²) < 4.78 is 7.74. The Labute approximate surface area is 208 Å². The number of benzene rings is 3. The molecule has 0 radical (unpaired) electrons. The molecule has 1 atom stereocenters. The van der Waals surface area contributed by atoms with Gasteiger partial charge in [-0.2, -0.15) is 5.10 Å². The van der Waals surface area contributed by atoms with Gasteiger partial charge in [-0.25, -0.2) is 4.68 Å². The molecule has 3 N–H and O–H groups in total. The minimum atomic E-state index is -1.16. The van der Waals surface area contributed by atoms with Crippen molar-refractivity contribution in [2.24, 2.45) is 0 Å². The van der Waals surface area contributed by atoms with Crippen molar-refractivity contribution in [3.63, 3.8) is 0 Å². The van der Waals surface area contributed by atoms with E-state index in [1.807, 2.05) is 78.3 Å². The van der Waals surface area contributed by atoms with Gasteiger partial charge in [0, 0.05) is 25.8 Å². The van der Waals surface area contributed by atoms with Gasteiger partial charge in [-0.15, -0.1) is 0 Å². The smallest absolute Gasteiger partial charge is 0.232 e. The number of nitrogen functional groups attached to an aromatic ring is 1. The van der Waals surface area contributed by atoms with Gasteiger partial charge in [-0.1, -0.05) is 68.2 Å². The minimum Gasteiger partial charge on any atom is -0.399 e. The molecule has 1 amide bonds. The number of fused-ring (bicyclic) bond motifs is 1. The molecule has 0 saturated carbocycles. The number of carbonyl (C=O) groups is 1. The second-order valence-electron chi connectivity index (χ2n) is 10.2. The molecule has 0 saturated heterocycles. The topological polar surface area (TPSA) is 82.2 Å². The van der Waals surface area contributed by atoms with E-state index in [1.165, 1.54) is 0 Å². The van der Waals surface area contributed by atoms with Crippen LogP contribution in [0, 0.1) is 0 Å². The first-order chi connectivity index (χ1) is 16.7. The lowest BCUT2D eigenvalue weighted by Gasteiger charge is -2.15. The zero-order chi connectivity index (χ0) is 25.0. The number of carbonyl (C=O) groups excluding carboxylic acids is 1. The lowest BCUT2D eigenvalue weighted by molar-refractivity contribution is -0.117. The second kappa shape index (κ2) is 10.5. The summed E-state index contributed by atoms with van der Waals surface area (Å²) in [6.45, 7) is 9.99. The Balaban J connectivity index is 1.49. The van der Waals surface area contributed by atoms with Crippen LogP contribution in [0.1, 0.15) is 18.4 Å². The molecule has 1 heterocycles. The van der Waals surface area contributed by atoms with Crippen molar-refractivity contribution in [3.05, 3.63) is 78.4 Å². The third kappa shape index (κ3) is 6.18. The fourth-order valence-electron chi connectivity index (χ4n) is 3.89. The molecule has 0 spiro atoms. The van der Waals surface area contributed by atoms with E-state index < -0.39 is 8.07 Å². The van der Waals surface area contributed by atoms with Crippen LogP contribution in [-0.2, 0) is 16.3 Å². The first kappa shape index (κ1) is 24.7. The number of aromatic nitrogens is 2. The summed E-state index contributed by atoms with van der Waals surface area (Å²) >= 11 is 0. The predicted octanol–water partition coefficient (Wildman–Crippen LogP) is 6.34. The van der Waals surface area contributed by atoms with Crippen molar-refractivity contribution in [2.75, 3.05) is 17.7 Å². The number of hydrogen-bond donors (Lipinski definition) is 2. The summed E-state index contributed by atoms with van der Waals surface area (Å²) in [5.41, 5.74) is 10.5. The number of amides is 1. The third-order valence-corrected chi connectivity index (χ3v) is 7.84. The second-order valence-corrected chi connectivity index (χ2v) is 15.8. The van der Waals surface area contributed by atoms with E-state index in [4.69, 9.17) is 10.5 Å². The lowest BCUT2D eigenvalue weighted by Crippen LogP contribution is -2.22. The summed E-state index contributed by atoms with van der Waals surface area (Å²) in [5, 5.41) is 8.62. The largest absolute Gasteiger partial charge is 0.399 e. The molecule has 4 aromatic rings. The Kier molecular flexibility index (Phi) is 7.38. The zero-order valence-corrected chi connectivity index (χ0v) is 21.9. The van der Waals surface area contributed by atoms with E-state index >= 15 is 0 Å². The number of anilines is 2. The Bertz CT molecular complexity index is 1310. The molecule has 182 valence electrons. The van der Waals surface area contributed by atoms with Crippen LogP contribution in [0.5, 0.6) is 0 Å². The maximum absolute atomic E-state index is 13.2. The Morgan fingerprint density at radius 2 is 1.77 bits per heavy atom. The molecule has 1 aromatic heterocycles. The quantitative estimate of drug-likeness (QED) is 0.164. The van der Waals surface area contributed by atoms with Crippen LogP contribution in [0.2, 0.25) is 25.7 Å². The van der Waals surface area contributed by atoms with Gasteiger partial charge in [0.1, 0.15) is 6.73 Å². The maximum atomic E-state index is 13.2. The molecule has 6 nitrogen and oxygen atoms in total. The van der Waals surface area contributed by atoms with Crippen molar-refractivity contribution in [3.8, 4) is 11.1 Å². The van der Waals surface area contributed by atoms with Crippen LogP contribution in [0.15, 0.2) is 72.8 Å². The van der Waals surface area contributed by atoms with Gasteiger partial charge in [0.05, 0.1) is 11.4 Å². The fourth-order valence-corrected chi connectivity index (χ4v) is 4.64.